The van der Waals surface area contributed by atoms with Crippen molar-refractivity contribution in [3.05, 3.63) is 0 Å². The van der Waals surface area contributed by atoms with Crippen LogP contribution in [0.1, 0.15) is 175 Å². The fraction of sp³-hybridized carbons (Fsp3) is 0.968. The van der Waals surface area contributed by atoms with E-state index >= 15 is 0 Å². The molecule has 0 bridgehead atoms. The van der Waals surface area contributed by atoms with E-state index in [1.807, 2.05) is 0 Å². The molecule has 1 unspecified atom stereocenters. The number of unbranched alkanes of at least 4 members (excludes halogenated alkanes) is 22. The van der Waals surface area contributed by atoms with Crippen LogP contribution < -0.4 is 56.5 Å². The molecule has 0 rings (SSSR count). The SMILES string of the molecule is CCCCCCCCCCCCCCN(CCCCCCCCCCCCCC)C(C)C(=O)[O-].[K+]. The van der Waals surface area contributed by atoms with Gasteiger partial charge in [0.05, 0.1) is 5.97 Å². The van der Waals surface area contributed by atoms with Crippen LogP contribution in [-0.4, -0.2) is 30.0 Å². The summed E-state index contributed by atoms with van der Waals surface area (Å²) in [5, 5.41) is 11.4. The molecule has 0 saturated carbocycles. The number of aliphatic carboxylic acids is 1. The minimum Gasteiger partial charge on any atom is -0.548 e. The van der Waals surface area contributed by atoms with Gasteiger partial charge in [-0.1, -0.05) is 155 Å². The molecular formula is C31H62KNO2. The van der Waals surface area contributed by atoms with Crippen LogP contribution in [0.25, 0.3) is 0 Å². The van der Waals surface area contributed by atoms with Crippen LogP contribution in [0.4, 0.5) is 0 Å². The molecule has 0 amide bonds. The molecule has 0 heterocycles. The molecule has 3 nitrogen and oxygen atoms in total. The van der Waals surface area contributed by atoms with Crippen molar-refractivity contribution in [2.45, 2.75) is 181 Å². The number of carboxylic acids is 1. The largest absolute Gasteiger partial charge is 1.00 e. The van der Waals surface area contributed by atoms with Gasteiger partial charge in [0.1, 0.15) is 0 Å². The molecule has 4 heteroatoms. The van der Waals surface area contributed by atoms with Gasteiger partial charge in [0.25, 0.3) is 0 Å². The first-order valence-electron chi connectivity index (χ1n) is 15.6. The van der Waals surface area contributed by atoms with Gasteiger partial charge < -0.3 is 9.90 Å². The Kier molecular flexibility index (Phi) is 34.2. The van der Waals surface area contributed by atoms with Gasteiger partial charge in [-0.2, -0.15) is 0 Å². The maximum Gasteiger partial charge on any atom is 1.00 e. The van der Waals surface area contributed by atoms with Crippen molar-refractivity contribution in [2.75, 3.05) is 13.1 Å². The van der Waals surface area contributed by atoms with Crippen LogP contribution in [0.15, 0.2) is 0 Å². The Bertz CT molecular complexity index is 391. The molecule has 0 aromatic carbocycles. The Morgan fingerprint density at radius 1 is 0.514 bits per heavy atom. The fourth-order valence-corrected chi connectivity index (χ4v) is 4.96. The summed E-state index contributed by atoms with van der Waals surface area (Å²) in [6.07, 6.45) is 32.2. The molecule has 0 aromatic rings. The van der Waals surface area contributed by atoms with Crippen molar-refractivity contribution in [1.29, 1.82) is 0 Å². The summed E-state index contributed by atoms with van der Waals surface area (Å²) in [4.78, 5) is 13.6. The second-order valence-electron chi connectivity index (χ2n) is 10.8. The first-order valence-corrected chi connectivity index (χ1v) is 15.6. The predicted molar refractivity (Wildman–Crippen MR) is 148 cm³/mol. The summed E-state index contributed by atoms with van der Waals surface area (Å²) in [5.41, 5.74) is 0. The van der Waals surface area contributed by atoms with Gasteiger partial charge in [0.2, 0.25) is 0 Å². The third-order valence-electron chi connectivity index (χ3n) is 7.49. The van der Waals surface area contributed by atoms with E-state index in [2.05, 4.69) is 18.7 Å². The van der Waals surface area contributed by atoms with Crippen molar-refractivity contribution in [3.63, 3.8) is 0 Å². The van der Waals surface area contributed by atoms with Crippen LogP contribution >= 0.6 is 0 Å². The van der Waals surface area contributed by atoms with E-state index in [9.17, 15) is 9.90 Å². The first kappa shape index (κ1) is 38.2. The van der Waals surface area contributed by atoms with Crippen LogP contribution in [0.5, 0.6) is 0 Å². The zero-order chi connectivity index (χ0) is 25.1. The maximum absolute atomic E-state index is 11.4. The number of rotatable bonds is 28. The van der Waals surface area contributed by atoms with Gasteiger partial charge in [0.15, 0.2) is 0 Å². The molecule has 1 atom stereocenters. The van der Waals surface area contributed by atoms with Crippen LogP contribution in [0, 0.1) is 0 Å². The smallest absolute Gasteiger partial charge is 0.548 e. The molecule has 204 valence electrons. The number of hydrogen-bond donors (Lipinski definition) is 0. The van der Waals surface area contributed by atoms with E-state index in [0.717, 1.165) is 25.9 Å². The Morgan fingerprint density at radius 2 is 0.743 bits per heavy atom. The Morgan fingerprint density at radius 3 is 0.971 bits per heavy atom. The molecule has 0 aliphatic heterocycles. The number of carboxylic acid groups (broad SMARTS) is 1. The van der Waals surface area contributed by atoms with E-state index in [-0.39, 0.29) is 51.4 Å². The number of nitrogens with zero attached hydrogens (tertiary/aromatic N) is 1. The molecule has 0 radical (unpaired) electrons. The summed E-state index contributed by atoms with van der Waals surface area (Å²) < 4.78 is 0. The number of hydrogen-bond acceptors (Lipinski definition) is 3. The quantitative estimate of drug-likeness (QED) is 0.0964. The third-order valence-corrected chi connectivity index (χ3v) is 7.49. The van der Waals surface area contributed by atoms with Crippen molar-refractivity contribution >= 4 is 5.97 Å². The number of carbonyl (C=O) groups is 1. The van der Waals surface area contributed by atoms with Crippen molar-refractivity contribution in [2.24, 2.45) is 0 Å². The number of carbonyl (C=O) groups excluding carboxylic acids is 1. The van der Waals surface area contributed by atoms with Gasteiger partial charge >= 0.3 is 51.4 Å². The molecule has 0 saturated heterocycles. The van der Waals surface area contributed by atoms with Crippen LogP contribution in [0.2, 0.25) is 0 Å². The van der Waals surface area contributed by atoms with Crippen LogP contribution in [-0.2, 0) is 4.79 Å². The topological polar surface area (TPSA) is 43.4 Å². The second-order valence-corrected chi connectivity index (χ2v) is 10.8. The standard InChI is InChI=1S/C31H63NO2.K/c1-4-6-8-10-12-14-16-18-20-22-24-26-28-32(30(3)31(33)34)29-27-25-23-21-19-17-15-13-11-9-7-5-2;/h30H,4-29H2,1-3H3,(H,33,34);/q;+1/p-1. The summed E-state index contributed by atoms with van der Waals surface area (Å²) in [7, 11) is 0. The van der Waals surface area contributed by atoms with Gasteiger partial charge in [-0.3, -0.25) is 4.90 Å². The van der Waals surface area contributed by atoms with E-state index in [0.29, 0.717) is 0 Å². The molecule has 0 aliphatic rings. The van der Waals surface area contributed by atoms with E-state index in [1.165, 1.54) is 141 Å². The average molecular weight is 520 g/mol. The molecule has 0 N–H and O–H groups in total. The van der Waals surface area contributed by atoms with Gasteiger partial charge in [-0.15, -0.1) is 0 Å². The van der Waals surface area contributed by atoms with Crippen molar-refractivity contribution < 1.29 is 61.3 Å². The summed E-state index contributed by atoms with van der Waals surface area (Å²) >= 11 is 0. The Hall–Kier alpha value is 1.07. The van der Waals surface area contributed by atoms with Gasteiger partial charge in [-0.05, 0) is 32.9 Å². The van der Waals surface area contributed by atoms with E-state index < -0.39 is 12.0 Å². The molecular weight excluding hydrogens is 457 g/mol. The average Bonchev–Trinajstić information content (AvgIpc) is 2.83. The third kappa shape index (κ3) is 27.9. The summed E-state index contributed by atoms with van der Waals surface area (Å²) in [5.74, 6) is -0.919. The predicted octanol–water partition coefficient (Wildman–Crippen LogP) is 5.83. The summed E-state index contributed by atoms with van der Waals surface area (Å²) in [6, 6.07) is -0.458. The zero-order valence-corrected chi connectivity index (χ0v) is 27.8. The molecule has 0 spiro atoms. The fourth-order valence-electron chi connectivity index (χ4n) is 4.96. The second kappa shape index (κ2) is 31.3. The summed E-state index contributed by atoms with van der Waals surface area (Å²) in [6.45, 7) is 8.17. The first-order chi connectivity index (χ1) is 16.6. The van der Waals surface area contributed by atoms with Gasteiger partial charge in [-0.25, -0.2) is 0 Å². The monoisotopic (exact) mass is 519 g/mol. The Balaban J connectivity index is 0. The maximum atomic E-state index is 11.4. The van der Waals surface area contributed by atoms with Gasteiger partial charge in [0, 0.05) is 6.04 Å². The molecule has 0 aliphatic carbocycles. The van der Waals surface area contributed by atoms with Crippen LogP contribution in [0.3, 0.4) is 0 Å². The zero-order valence-electron chi connectivity index (χ0n) is 24.7. The minimum absolute atomic E-state index is 0. The van der Waals surface area contributed by atoms with Crippen molar-refractivity contribution in [3.8, 4) is 0 Å². The van der Waals surface area contributed by atoms with E-state index in [4.69, 9.17) is 0 Å². The van der Waals surface area contributed by atoms with E-state index in [1.54, 1.807) is 6.92 Å². The Labute approximate surface area is 263 Å². The molecule has 0 aromatic heterocycles. The normalized spacial score (nSPS) is 12.1. The molecule has 35 heavy (non-hydrogen) atoms. The minimum atomic E-state index is -0.919. The molecule has 0 fully saturated rings. The van der Waals surface area contributed by atoms with Crippen molar-refractivity contribution in [1.82, 2.24) is 4.90 Å².